The molecule has 2 heterocycles. The number of nitrogens with one attached hydrogen (secondary N) is 1. The van der Waals surface area contributed by atoms with Crippen molar-refractivity contribution in [2.24, 2.45) is 0 Å². The van der Waals surface area contributed by atoms with E-state index in [9.17, 15) is 0 Å². The highest BCUT2D eigenvalue weighted by Crippen LogP contribution is 2.33. The summed E-state index contributed by atoms with van der Waals surface area (Å²) in [5.74, 6) is 0.802. The van der Waals surface area contributed by atoms with Gasteiger partial charge in [-0.05, 0) is 26.0 Å². The highest BCUT2D eigenvalue weighted by atomic mass is 16.5. The number of hydrogen-bond acceptors (Lipinski definition) is 5. The third kappa shape index (κ3) is 3.53. The van der Waals surface area contributed by atoms with Gasteiger partial charge in [0.25, 0.3) is 0 Å². The molecule has 1 aliphatic rings. The van der Waals surface area contributed by atoms with E-state index in [1.165, 1.54) is 0 Å². The molecule has 0 aromatic carbocycles. The van der Waals surface area contributed by atoms with Crippen LogP contribution in [0.1, 0.15) is 43.4 Å². The second-order valence-electron chi connectivity index (χ2n) is 5.31. The van der Waals surface area contributed by atoms with Crippen molar-refractivity contribution in [2.75, 3.05) is 26.9 Å². The molecule has 0 saturated carbocycles. The Bertz CT molecular complexity index is 431. The van der Waals surface area contributed by atoms with Crippen LogP contribution in [0.3, 0.4) is 0 Å². The Morgan fingerprint density at radius 1 is 1.35 bits per heavy atom. The van der Waals surface area contributed by atoms with E-state index in [1.807, 2.05) is 13.0 Å². The minimum absolute atomic E-state index is 0.385. The van der Waals surface area contributed by atoms with Gasteiger partial charge in [-0.15, -0.1) is 0 Å². The van der Waals surface area contributed by atoms with Crippen LogP contribution in [-0.2, 0) is 21.6 Å². The van der Waals surface area contributed by atoms with Crippen molar-refractivity contribution in [3.8, 4) is 0 Å². The SMILES string of the molecule is CCCNCc1cc(C)nc(C2(OC)CCOCC2)n1. The first-order chi connectivity index (χ1) is 9.70. The fourth-order valence-corrected chi connectivity index (χ4v) is 2.54. The van der Waals surface area contributed by atoms with Gasteiger partial charge in [-0.3, -0.25) is 0 Å². The van der Waals surface area contributed by atoms with Gasteiger partial charge in [0.1, 0.15) is 5.60 Å². The number of hydrogen-bond donors (Lipinski definition) is 1. The first-order valence-corrected chi connectivity index (χ1v) is 7.39. The fourth-order valence-electron chi connectivity index (χ4n) is 2.54. The van der Waals surface area contributed by atoms with Crippen LogP contribution in [0.2, 0.25) is 0 Å². The molecule has 0 unspecified atom stereocenters. The molecule has 1 N–H and O–H groups in total. The fraction of sp³-hybridized carbons (Fsp3) is 0.733. The number of methoxy groups -OCH3 is 1. The third-order valence-corrected chi connectivity index (χ3v) is 3.74. The predicted molar refractivity (Wildman–Crippen MR) is 77.5 cm³/mol. The molecule has 5 heteroatoms. The van der Waals surface area contributed by atoms with Crippen molar-refractivity contribution in [1.29, 1.82) is 0 Å². The van der Waals surface area contributed by atoms with Crippen LogP contribution < -0.4 is 5.32 Å². The van der Waals surface area contributed by atoms with Gasteiger partial charge in [0.05, 0.1) is 5.69 Å². The zero-order chi connectivity index (χ0) is 14.4. The van der Waals surface area contributed by atoms with Crippen molar-refractivity contribution in [2.45, 2.75) is 45.3 Å². The summed E-state index contributed by atoms with van der Waals surface area (Å²) in [7, 11) is 1.74. The normalized spacial score (nSPS) is 18.1. The second kappa shape index (κ2) is 7.11. The van der Waals surface area contributed by atoms with E-state index < -0.39 is 0 Å². The molecule has 0 amide bonds. The van der Waals surface area contributed by atoms with E-state index in [1.54, 1.807) is 7.11 Å². The molecule has 20 heavy (non-hydrogen) atoms. The third-order valence-electron chi connectivity index (χ3n) is 3.74. The standard InChI is InChI=1S/C15H25N3O2/c1-4-7-16-11-13-10-12(2)17-14(18-13)15(19-3)5-8-20-9-6-15/h10,16H,4-9,11H2,1-3H3. The summed E-state index contributed by atoms with van der Waals surface area (Å²) in [6.45, 7) is 7.36. The molecule has 0 bridgehead atoms. The molecule has 0 radical (unpaired) electrons. The van der Waals surface area contributed by atoms with E-state index in [4.69, 9.17) is 14.5 Å². The molecule has 1 fully saturated rings. The van der Waals surface area contributed by atoms with Crippen molar-refractivity contribution in [1.82, 2.24) is 15.3 Å². The summed E-state index contributed by atoms with van der Waals surface area (Å²) in [6.07, 6.45) is 2.75. The molecular formula is C15H25N3O2. The van der Waals surface area contributed by atoms with Crippen LogP contribution in [0.25, 0.3) is 0 Å². The van der Waals surface area contributed by atoms with E-state index in [0.29, 0.717) is 13.2 Å². The van der Waals surface area contributed by atoms with Crippen LogP contribution >= 0.6 is 0 Å². The van der Waals surface area contributed by atoms with Gasteiger partial charge in [0.2, 0.25) is 0 Å². The number of rotatable bonds is 6. The number of ether oxygens (including phenoxy) is 2. The zero-order valence-electron chi connectivity index (χ0n) is 12.7. The minimum Gasteiger partial charge on any atom is -0.381 e. The molecule has 0 spiro atoms. The van der Waals surface area contributed by atoms with E-state index in [2.05, 4.69) is 17.2 Å². The van der Waals surface area contributed by atoms with Gasteiger partial charge in [-0.25, -0.2) is 9.97 Å². The van der Waals surface area contributed by atoms with Crippen LogP contribution in [0, 0.1) is 6.92 Å². The molecule has 0 aliphatic carbocycles. The predicted octanol–water partition coefficient (Wildman–Crippen LogP) is 1.94. The lowest BCUT2D eigenvalue weighted by Gasteiger charge is -2.34. The van der Waals surface area contributed by atoms with Crippen molar-refractivity contribution in [3.05, 3.63) is 23.3 Å². The monoisotopic (exact) mass is 279 g/mol. The highest BCUT2D eigenvalue weighted by molar-refractivity contribution is 5.15. The van der Waals surface area contributed by atoms with Gasteiger partial charge in [-0.1, -0.05) is 6.92 Å². The van der Waals surface area contributed by atoms with Gasteiger partial charge in [0, 0.05) is 45.4 Å². The van der Waals surface area contributed by atoms with E-state index in [-0.39, 0.29) is 5.60 Å². The molecule has 1 aliphatic heterocycles. The quantitative estimate of drug-likeness (QED) is 0.806. The molecule has 5 nitrogen and oxygen atoms in total. The lowest BCUT2D eigenvalue weighted by atomic mass is 9.93. The van der Waals surface area contributed by atoms with Crippen molar-refractivity contribution < 1.29 is 9.47 Å². The Morgan fingerprint density at radius 2 is 2.10 bits per heavy atom. The Hall–Kier alpha value is -1.04. The summed E-state index contributed by atoms with van der Waals surface area (Å²) in [5.41, 5.74) is 1.64. The number of aromatic nitrogens is 2. The second-order valence-corrected chi connectivity index (χ2v) is 5.31. The van der Waals surface area contributed by atoms with Crippen LogP contribution in [0.5, 0.6) is 0 Å². The summed E-state index contributed by atoms with van der Waals surface area (Å²) >= 11 is 0. The Kier molecular flexibility index (Phi) is 5.46. The first kappa shape index (κ1) is 15.4. The smallest absolute Gasteiger partial charge is 0.160 e. The molecule has 1 aromatic heterocycles. The minimum atomic E-state index is -0.385. The molecule has 1 saturated heterocycles. The van der Waals surface area contributed by atoms with Crippen LogP contribution in [0.4, 0.5) is 0 Å². The number of nitrogens with zero attached hydrogens (tertiary/aromatic N) is 2. The summed E-state index contributed by atoms with van der Waals surface area (Å²) in [4.78, 5) is 9.33. The highest BCUT2D eigenvalue weighted by Gasteiger charge is 2.37. The van der Waals surface area contributed by atoms with E-state index in [0.717, 1.165) is 49.6 Å². The summed E-state index contributed by atoms with van der Waals surface area (Å²) in [5, 5.41) is 3.38. The Balaban J connectivity index is 2.21. The molecule has 0 atom stereocenters. The van der Waals surface area contributed by atoms with Gasteiger partial charge in [0.15, 0.2) is 5.82 Å². The lowest BCUT2D eigenvalue weighted by molar-refractivity contribution is -0.100. The average molecular weight is 279 g/mol. The lowest BCUT2D eigenvalue weighted by Crippen LogP contribution is -2.38. The Morgan fingerprint density at radius 3 is 2.75 bits per heavy atom. The van der Waals surface area contributed by atoms with E-state index >= 15 is 0 Å². The summed E-state index contributed by atoms with van der Waals surface area (Å²) in [6, 6.07) is 2.04. The average Bonchev–Trinajstić information content (AvgIpc) is 2.48. The summed E-state index contributed by atoms with van der Waals surface area (Å²) < 4.78 is 11.2. The Labute approximate surface area is 121 Å². The maximum absolute atomic E-state index is 5.78. The molecule has 1 aromatic rings. The van der Waals surface area contributed by atoms with Gasteiger partial charge >= 0.3 is 0 Å². The molecular weight excluding hydrogens is 254 g/mol. The molecule has 2 rings (SSSR count). The van der Waals surface area contributed by atoms with Crippen LogP contribution in [-0.4, -0.2) is 36.8 Å². The maximum atomic E-state index is 5.78. The van der Waals surface area contributed by atoms with Gasteiger partial charge in [-0.2, -0.15) is 0 Å². The van der Waals surface area contributed by atoms with Crippen molar-refractivity contribution >= 4 is 0 Å². The maximum Gasteiger partial charge on any atom is 0.160 e. The largest absolute Gasteiger partial charge is 0.381 e. The van der Waals surface area contributed by atoms with Crippen LogP contribution in [0.15, 0.2) is 6.07 Å². The topological polar surface area (TPSA) is 56.3 Å². The number of aryl methyl sites for hydroxylation is 1. The van der Waals surface area contributed by atoms with Crippen molar-refractivity contribution in [3.63, 3.8) is 0 Å². The first-order valence-electron chi connectivity index (χ1n) is 7.39. The zero-order valence-corrected chi connectivity index (χ0v) is 12.7. The molecule has 112 valence electrons. The van der Waals surface area contributed by atoms with Gasteiger partial charge < -0.3 is 14.8 Å².